The summed E-state index contributed by atoms with van der Waals surface area (Å²) in [4.78, 5) is 15.1. The first-order valence-corrected chi connectivity index (χ1v) is 12.9. The lowest BCUT2D eigenvalue weighted by atomic mass is 10.1. The highest BCUT2D eigenvalue weighted by Gasteiger charge is 2.32. The number of nitrogens with one attached hydrogen (secondary N) is 1. The molecule has 7 nitrogen and oxygen atoms in total. The summed E-state index contributed by atoms with van der Waals surface area (Å²) in [6.45, 7) is 1.03. The monoisotopic (exact) mass is 456 g/mol. The molecule has 2 aromatic heterocycles. The van der Waals surface area contributed by atoms with Crippen LogP contribution >= 0.6 is 11.3 Å². The molecule has 0 radical (unpaired) electrons. The first-order valence-electron chi connectivity index (χ1n) is 10.5. The minimum absolute atomic E-state index is 0.0487. The number of sulfonamides is 1. The zero-order chi connectivity index (χ0) is 21.4. The molecule has 0 saturated carbocycles. The zero-order valence-electron chi connectivity index (χ0n) is 17.0. The molecular formula is C22H24N4O3S2. The van der Waals surface area contributed by atoms with Gasteiger partial charge in [0.15, 0.2) is 5.69 Å². The molecule has 1 amide bonds. The summed E-state index contributed by atoms with van der Waals surface area (Å²) in [6.07, 6.45) is 4.03. The van der Waals surface area contributed by atoms with Crippen molar-refractivity contribution in [1.29, 1.82) is 0 Å². The number of likely N-dealkylation sites (tertiary alicyclic amines) is 1. The van der Waals surface area contributed by atoms with Crippen LogP contribution in [0.4, 0.5) is 0 Å². The van der Waals surface area contributed by atoms with Gasteiger partial charge in [0.05, 0.1) is 5.69 Å². The molecule has 1 aliphatic carbocycles. The maximum absolute atomic E-state index is 13.3. The third-order valence-electron chi connectivity index (χ3n) is 6.00. The van der Waals surface area contributed by atoms with E-state index >= 15 is 0 Å². The highest BCUT2D eigenvalue weighted by atomic mass is 32.2. The molecule has 162 valence electrons. The molecule has 31 heavy (non-hydrogen) atoms. The first kappa shape index (κ1) is 20.4. The lowest BCUT2D eigenvalue weighted by Crippen LogP contribution is -2.46. The fraction of sp³-hybridized carbons (Fsp3) is 0.364. The minimum Gasteiger partial charge on any atom is -0.337 e. The Labute approximate surface area is 185 Å². The Morgan fingerprint density at radius 1 is 1.06 bits per heavy atom. The molecule has 1 N–H and O–H groups in total. The van der Waals surface area contributed by atoms with Gasteiger partial charge in [-0.25, -0.2) is 17.8 Å². The van der Waals surface area contributed by atoms with Crippen molar-refractivity contribution in [1.82, 2.24) is 19.4 Å². The first-order chi connectivity index (χ1) is 15.0. The van der Waals surface area contributed by atoms with Crippen LogP contribution in [0, 0.1) is 0 Å². The van der Waals surface area contributed by atoms with Crippen LogP contribution in [0.3, 0.4) is 0 Å². The molecule has 0 unspecified atom stereocenters. The number of piperidine rings is 1. The standard InChI is InChI=1S/C22H24N4O3S2/c27-22(21-18-8-4-9-19(18)26(23-21)17-6-2-1-3-7-17)25-13-11-16(12-14-25)24-31(28,29)20-10-5-15-30-20/h1-3,5-7,10,15-16,24H,4,8-9,11-14H2. The van der Waals surface area contributed by atoms with E-state index in [-0.39, 0.29) is 11.9 Å². The van der Waals surface area contributed by atoms with Gasteiger partial charge in [-0.1, -0.05) is 24.3 Å². The van der Waals surface area contributed by atoms with Gasteiger partial charge in [-0.3, -0.25) is 4.79 Å². The van der Waals surface area contributed by atoms with Crippen molar-refractivity contribution < 1.29 is 13.2 Å². The van der Waals surface area contributed by atoms with Crippen molar-refractivity contribution in [2.45, 2.75) is 42.4 Å². The van der Waals surface area contributed by atoms with Crippen LogP contribution < -0.4 is 4.72 Å². The number of carbonyl (C=O) groups is 1. The van der Waals surface area contributed by atoms with Gasteiger partial charge in [0.25, 0.3) is 5.91 Å². The molecule has 5 rings (SSSR count). The number of hydrogen-bond acceptors (Lipinski definition) is 5. The molecular weight excluding hydrogens is 432 g/mol. The molecule has 2 aliphatic rings. The summed E-state index contributed by atoms with van der Waals surface area (Å²) < 4.78 is 30.0. The van der Waals surface area contributed by atoms with Gasteiger partial charge < -0.3 is 4.90 Å². The molecule has 0 spiro atoms. The Bertz CT molecular complexity index is 1180. The van der Waals surface area contributed by atoms with Crippen LogP contribution in [0.2, 0.25) is 0 Å². The number of benzene rings is 1. The zero-order valence-corrected chi connectivity index (χ0v) is 18.7. The number of rotatable bonds is 5. The summed E-state index contributed by atoms with van der Waals surface area (Å²) in [5, 5.41) is 6.46. The highest BCUT2D eigenvalue weighted by Crippen LogP contribution is 2.29. The van der Waals surface area contributed by atoms with Crippen molar-refractivity contribution in [3.05, 3.63) is 64.8 Å². The average Bonchev–Trinajstić information content (AvgIpc) is 3.52. The van der Waals surface area contributed by atoms with Crippen molar-refractivity contribution >= 4 is 27.3 Å². The molecule has 0 bridgehead atoms. The van der Waals surface area contributed by atoms with Gasteiger partial charge in [-0.05, 0) is 55.7 Å². The van der Waals surface area contributed by atoms with Gasteiger partial charge in [0, 0.05) is 30.4 Å². The fourth-order valence-electron chi connectivity index (χ4n) is 4.44. The van der Waals surface area contributed by atoms with E-state index in [1.165, 1.54) is 11.3 Å². The molecule has 1 aromatic carbocycles. The van der Waals surface area contributed by atoms with Crippen LogP contribution in [-0.4, -0.2) is 48.1 Å². The van der Waals surface area contributed by atoms with E-state index < -0.39 is 10.0 Å². The Hall–Kier alpha value is -2.49. The molecule has 9 heteroatoms. The van der Waals surface area contributed by atoms with Crippen molar-refractivity contribution in [2.75, 3.05) is 13.1 Å². The van der Waals surface area contributed by atoms with Gasteiger partial charge >= 0.3 is 0 Å². The normalized spacial score (nSPS) is 17.1. The number of hydrogen-bond donors (Lipinski definition) is 1. The maximum Gasteiger partial charge on any atom is 0.274 e. The second-order valence-electron chi connectivity index (χ2n) is 7.99. The molecule has 1 fully saturated rings. The number of para-hydroxylation sites is 1. The molecule has 3 heterocycles. The topological polar surface area (TPSA) is 84.3 Å². The molecule has 0 atom stereocenters. The molecule has 1 aliphatic heterocycles. The van der Waals surface area contributed by atoms with Crippen LogP contribution in [0.15, 0.2) is 52.1 Å². The van der Waals surface area contributed by atoms with E-state index in [9.17, 15) is 13.2 Å². The van der Waals surface area contributed by atoms with Crippen molar-refractivity contribution in [2.24, 2.45) is 0 Å². The Kier molecular flexibility index (Phi) is 5.41. The van der Waals surface area contributed by atoms with Crippen molar-refractivity contribution in [3.8, 4) is 5.69 Å². The fourth-order valence-corrected chi connectivity index (χ4v) is 6.75. The second kappa shape index (κ2) is 8.22. The van der Waals surface area contributed by atoms with Gasteiger partial charge in [0.1, 0.15) is 4.21 Å². The van der Waals surface area contributed by atoms with E-state index in [0.29, 0.717) is 35.8 Å². The van der Waals surface area contributed by atoms with E-state index in [0.717, 1.165) is 36.2 Å². The number of carbonyl (C=O) groups excluding carboxylic acids is 1. The molecule has 3 aromatic rings. The number of aromatic nitrogens is 2. The minimum atomic E-state index is -3.49. The smallest absolute Gasteiger partial charge is 0.274 e. The maximum atomic E-state index is 13.3. The third kappa shape index (κ3) is 3.93. The highest BCUT2D eigenvalue weighted by molar-refractivity contribution is 7.91. The van der Waals surface area contributed by atoms with E-state index in [4.69, 9.17) is 5.10 Å². The summed E-state index contributed by atoms with van der Waals surface area (Å²) in [7, 11) is -3.49. The van der Waals surface area contributed by atoms with Crippen LogP contribution in [-0.2, 0) is 22.9 Å². The van der Waals surface area contributed by atoms with E-state index in [2.05, 4.69) is 4.72 Å². The Balaban J connectivity index is 1.29. The van der Waals surface area contributed by atoms with Crippen LogP contribution in [0.1, 0.15) is 41.0 Å². The number of thiophene rings is 1. The number of nitrogens with zero attached hydrogens (tertiary/aromatic N) is 3. The predicted molar refractivity (Wildman–Crippen MR) is 119 cm³/mol. The average molecular weight is 457 g/mol. The SMILES string of the molecule is O=C(c1nn(-c2ccccc2)c2c1CCC2)N1CCC(NS(=O)(=O)c2cccs2)CC1. The Morgan fingerprint density at radius 3 is 2.55 bits per heavy atom. The summed E-state index contributed by atoms with van der Waals surface area (Å²) >= 11 is 1.21. The Morgan fingerprint density at radius 2 is 1.84 bits per heavy atom. The molecule has 1 saturated heterocycles. The predicted octanol–water partition coefficient (Wildman–Crippen LogP) is 3.01. The third-order valence-corrected chi connectivity index (χ3v) is 8.92. The number of amides is 1. The quantitative estimate of drug-likeness (QED) is 0.640. The van der Waals surface area contributed by atoms with Gasteiger partial charge in [-0.2, -0.15) is 5.10 Å². The summed E-state index contributed by atoms with van der Waals surface area (Å²) in [5.74, 6) is -0.0487. The van der Waals surface area contributed by atoms with E-state index in [1.54, 1.807) is 17.5 Å². The van der Waals surface area contributed by atoms with Crippen LogP contribution in [0.25, 0.3) is 5.69 Å². The van der Waals surface area contributed by atoms with E-state index in [1.807, 2.05) is 39.9 Å². The number of fused-ring (bicyclic) bond motifs is 1. The second-order valence-corrected chi connectivity index (χ2v) is 10.9. The lowest BCUT2D eigenvalue weighted by Gasteiger charge is -2.31. The summed E-state index contributed by atoms with van der Waals surface area (Å²) in [6, 6.07) is 13.1. The largest absolute Gasteiger partial charge is 0.337 e. The lowest BCUT2D eigenvalue weighted by molar-refractivity contribution is 0.0704. The summed E-state index contributed by atoms with van der Waals surface area (Å²) in [5.41, 5.74) is 3.72. The van der Waals surface area contributed by atoms with Gasteiger partial charge in [-0.15, -0.1) is 11.3 Å². The van der Waals surface area contributed by atoms with Crippen molar-refractivity contribution in [3.63, 3.8) is 0 Å². The van der Waals surface area contributed by atoms with Crippen LogP contribution in [0.5, 0.6) is 0 Å². The van der Waals surface area contributed by atoms with Gasteiger partial charge in [0.2, 0.25) is 10.0 Å².